The van der Waals surface area contributed by atoms with Crippen molar-refractivity contribution in [1.29, 1.82) is 0 Å². The van der Waals surface area contributed by atoms with Crippen LogP contribution < -0.4 is 10.5 Å². The zero-order valence-corrected chi connectivity index (χ0v) is 20.2. The Bertz CT molecular complexity index is 1590. The molecule has 0 atom stereocenters. The number of hydrogen-bond donors (Lipinski definition) is 2. The van der Waals surface area contributed by atoms with E-state index < -0.39 is 15.9 Å². The van der Waals surface area contributed by atoms with Gasteiger partial charge in [0.05, 0.1) is 5.52 Å². The molecule has 1 aliphatic rings. The lowest BCUT2D eigenvalue weighted by atomic mass is 9.89. The van der Waals surface area contributed by atoms with Crippen molar-refractivity contribution in [3.63, 3.8) is 0 Å². The Morgan fingerprint density at radius 1 is 1.12 bits per heavy atom. The minimum Gasteiger partial charge on any atom is -0.384 e. The summed E-state index contributed by atoms with van der Waals surface area (Å²) in [6.45, 7) is 6.78. The van der Waals surface area contributed by atoms with E-state index in [1.54, 1.807) is 6.07 Å². The number of nitrogen functional groups attached to an aromatic ring is 1. The van der Waals surface area contributed by atoms with Crippen LogP contribution >= 0.6 is 0 Å². The lowest BCUT2D eigenvalue weighted by Crippen LogP contribution is -2.33. The monoisotopic (exact) mass is 474 g/mol. The van der Waals surface area contributed by atoms with Crippen molar-refractivity contribution in [3.05, 3.63) is 76.5 Å². The first-order valence-corrected chi connectivity index (χ1v) is 12.7. The van der Waals surface area contributed by atoms with Crippen LogP contribution in [0.2, 0.25) is 0 Å². The van der Waals surface area contributed by atoms with Gasteiger partial charge in [-0.3, -0.25) is 4.79 Å². The molecule has 5 rings (SSSR count). The van der Waals surface area contributed by atoms with Crippen LogP contribution in [0.1, 0.15) is 46.1 Å². The normalized spacial score (nSPS) is 12.6. The number of amides is 1. The van der Waals surface area contributed by atoms with Gasteiger partial charge in [-0.1, -0.05) is 37.1 Å². The third-order valence-corrected chi connectivity index (χ3v) is 7.53. The molecule has 34 heavy (non-hydrogen) atoms. The molecule has 1 amide bonds. The number of pyridine rings is 1. The molecule has 174 valence electrons. The van der Waals surface area contributed by atoms with Crippen molar-refractivity contribution < 1.29 is 13.2 Å². The molecule has 0 aliphatic carbocycles. The summed E-state index contributed by atoms with van der Waals surface area (Å²) in [7, 11) is -4.18. The first-order valence-electron chi connectivity index (χ1n) is 11.2. The number of carbonyl (C=O) groups excluding carboxylic acids is 1. The Kier molecular flexibility index (Phi) is 5.20. The molecule has 2 aromatic carbocycles. The number of carbonyl (C=O) groups is 1. The van der Waals surface area contributed by atoms with Crippen LogP contribution in [0.15, 0.2) is 53.6 Å². The highest BCUT2D eigenvalue weighted by atomic mass is 32.2. The second-order valence-corrected chi connectivity index (χ2v) is 10.5. The van der Waals surface area contributed by atoms with Crippen molar-refractivity contribution in [2.45, 2.75) is 45.2 Å². The van der Waals surface area contributed by atoms with Crippen LogP contribution in [0, 0.1) is 13.8 Å². The average molecular weight is 475 g/mol. The van der Waals surface area contributed by atoms with Crippen molar-refractivity contribution in [2.24, 2.45) is 0 Å². The predicted molar refractivity (Wildman–Crippen MR) is 133 cm³/mol. The minimum absolute atomic E-state index is 0.0642. The smallest absolute Gasteiger partial charge is 0.281 e. The van der Waals surface area contributed by atoms with E-state index in [4.69, 9.17) is 5.73 Å². The fourth-order valence-electron chi connectivity index (χ4n) is 4.88. The molecule has 0 fully saturated rings. The summed E-state index contributed by atoms with van der Waals surface area (Å²) >= 11 is 0. The van der Waals surface area contributed by atoms with Gasteiger partial charge in [0.15, 0.2) is 5.03 Å². The van der Waals surface area contributed by atoms with Gasteiger partial charge in [-0.05, 0) is 72.9 Å². The number of anilines is 1. The van der Waals surface area contributed by atoms with Gasteiger partial charge in [0.25, 0.3) is 15.9 Å². The molecule has 0 unspecified atom stereocenters. The molecule has 0 bridgehead atoms. The number of fused-ring (bicyclic) bond motifs is 2. The lowest BCUT2D eigenvalue weighted by Gasteiger charge is -2.24. The van der Waals surface area contributed by atoms with Gasteiger partial charge in [-0.15, -0.1) is 0 Å². The van der Waals surface area contributed by atoms with E-state index in [1.165, 1.54) is 34.9 Å². The van der Waals surface area contributed by atoms with E-state index in [9.17, 15) is 13.2 Å². The van der Waals surface area contributed by atoms with Crippen LogP contribution in [-0.2, 0) is 23.0 Å². The topological polar surface area (TPSA) is 107 Å². The van der Waals surface area contributed by atoms with Gasteiger partial charge >= 0.3 is 0 Å². The van der Waals surface area contributed by atoms with Crippen LogP contribution in [0.4, 0.5) is 5.82 Å². The first-order chi connectivity index (χ1) is 16.2. The molecule has 8 heteroatoms. The summed E-state index contributed by atoms with van der Waals surface area (Å²) in [4.78, 5) is 17.1. The third-order valence-electron chi connectivity index (χ3n) is 6.29. The molecule has 2 aromatic heterocycles. The first kappa shape index (κ1) is 22.2. The Labute approximate surface area is 198 Å². The maximum Gasteiger partial charge on any atom is 0.281 e. The molecule has 0 radical (unpaired) electrons. The number of nitrogens with one attached hydrogen (secondary N) is 1. The maximum absolute atomic E-state index is 13.3. The van der Waals surface area contributed by atoms with E-state index >= 15 is 0 Å². The van der Waals surface area contributed by atoms with Gasteiger partial charge in [-0.25, -0.2) is 9.71 Å². The summed E-state index contributed by atoms with van der Waals surface area (Å²) in [5, 5.41) is 0.633. The molecular weight excluding hydrogens is 448 g/mol. The van der Waals surface area contributed by atoms with Crippen LogP contribution in [0.3, 0.4) is 0 Å². The zero-order chi connectivity index (χ0) is 24.2. The summed E-state index contributed by atoms with van der Waals surface area (Å²) in [5.74, 6) is -0.633. The molecule has 1 aliphatic heterocycles. The molecule has 0 saturated heterocycles. The molecule has 4 aromatic rings. The summed E-state index contributed by atoms with van der Waals surface area (Å²) < 4.78 is 29.8. The van der Waals surface area contributed by atoms with Crippen LogP contribution in [-0.4, -0.2) is 23.9 Å². The molecule has 7 nitrogen and oxygen atoms in total. The number of benzene rings is 2. The Morgan fingerprint density at radius 2 is 1.91 bits per heavy atom. The highest BCUT2D eigenvalue weighted by Crippen LogP contribution is 2.41. The van der Waals surface area contributed by atoms with Crippen molar-refractivity contribution >= 4 is 32.7 Å². The molecule has 0 spiro atoms. The second kappa shape index (κ2) is 7.99. The summed E-state index contributed by atoms with van der Waals surface area (Å²) in [6, 6.07) is 14.7. The second-order valence-electron chi connectivity index (χ2n) is 8.89. The van der Waals surface area contributed by atoms with Gasteiger partial charge in [-0.2, -0.15) is 8.42 Å². The van der Waals surface area contributed by atoms with Crippen molar-refractivity contribution in [1.82, 2.24) is 14.3 Å². The highest BCUT2D eigenvalue weighted by Gasteiger charge is 2.28. The summed E-state index contributed by atoms with van der Waals surface area (Å²) in [5.41, 5.74) is 13.8. The van der Waals surface area contributed by atoms with E-state index in [0.29, 0.717) is 12.2 Å². The van der Waals surface area contributed by atoms with Crippen LogP contribution in [0.5, 0.6) is 0 Å². The van der Waals surface area contributed by atoms with Gasteiger partial charge in [0, 0.05) is 17.5 Å². The molecule has 3 heterocycles. The maximum atomic E-state index is 13.3. The predicted octanol–water partition coefficient (Wildman–Crippen LogP) is 4.34. The number of rotatable bonds is 5. The largest absolute Gasteiger partial charge is 0.384 e. The standard InChI is InChI=1S/C26H26N4O3S/c1-4-6-17-11-18-13-22(26(31)29-34(32,33)24-8-5-7-23(27)28-24)30-14-21-16(3)9-15(2)10-19(21)20(12-17)25(18)30/h5,7-13H,4,6,14H2,1-3H3,(H2,27,28)(H,29,31). The number of sulfonamides is 1. The van der Waals surface area contributed by atoms with Crippen molar-refractivity contribution in [3.8, 4) is 11.1 Å². The molecular formula is C26H26N4O3S. The quantitative estimate of drug-likeness (QED) is 0.394. The Morgan fingerprint density at radius 3 is 2.65 bits per heavy atom. The lowest BCUT2D eigenvalue weighted by molar-refractivity contribution is 0.0973. The Balaban J connectivity index is 1.66. The Hall–Kier alpha value is -3.65. The minimum atomic E-state index is -4.18. The average Bonchev–Trinajstić information content (AvgIpc) is 3.14. The fraction of sp³-hybridized carbons (Fsp3) is 0.231. The van der Waals surface area contributed by atoms with Crippen molar-refractivity contribution in [2.75, 3.05) is 5.73 Å². The van der Waals surface area contributed by atoms with Crippen LogP contribution in [0.25, 0.3) is 22.0 Å². The SMILES string of the molecule is CCCc1cc2c3c(c1)cc(C(=O)NS(=O)(=O)c1cccc(N)n1)n3Cc1c(C)cc(C)cc1-2. The number of nitrogens with two attached hydrogens (primary N) is 1. The summed E-state index contributed by atoms with van der Waals surface area (Å²) in [6.07, 6.45) is 1.93. The molecule has 3 N–H and O–H groups in total. The highest BCUT2D eigenvalue weighted by molar-refractivity contribution is 7.90. The van der Waals surface area contributed by atoms with E-state index in [1.807, 2.05) is 4.57 Å². The number of nitrogens with zero attached hydrogens (tertiary/aromatic N) is 2. The zero-order valence-electron chi connectivity index (χ0n) is 19.3. The van der Waals surface area contributed by atoms with E-state index in [2.05, 4.69) is 54.7 Å². The fourth-order valence-corrected chi connectivity index (χ4v) is 5.82. The van der Waals surface area contributed by atoms with Gasteiger partial charge < -0.3 is 10.3 Å². The van der Waals surface area contributed by atoms with E-state index in [-0.39, 0.29) is 10.8 Å². The number of aromatic nitrogens is 2. The number of aryl methyl sites for hydroxylation is 3. The number of hydrogen-bond acceptors (Lipinski definition) is 5. The van der Waals surface area contributed by atoms with Gasteiger partial charge in [0.2, 0.25) is 0 Å². The third kappa shape index (κ3) is 3.64. The van der Waals surface area contributed by atoms with Gasteiger partial charge in [0.1, 0.15) is 11.5 Å². The van der Waals surface area contributed by atoms with E-state index in [0.717, 1.165) is 40.4 Å². The molecule has 0 saturated carbocycles.